The molecule has 0 aliphatic carbocycles. The number of hydrazone groups is 1. The van der Waals surface area contributed by atoms with Crippen molar-refractivity contribution in [1.82, 2.24) is 15.0 Å². The highest BCUT2D eigenvalue weighted by Gasteiger charge is 2.17. The summed E-state index contributed by atoms with van der Waals surface area (Å²) in [5.41, 5.74) is 5.24. The standard InChI is InChI=1S/C21H19BrCl3N7O/c1-12-8-15(22)18(10-16(12)24)27-19-28-20(30-21(29-19)32-4-6-33-7-5-32)31-26-11-13-2-3-14(23)9-17(13)25/h2-3,8-11H,4-7H2,1H3,(H2,27,28,29,30,31). The van der Waals surface area contributed by atoms with Gasteiger partial charge in [0.2, 0.25) is 17.8 Å². The van der Waals surface area contributed by atoms with Crippen LogP contribution in [-0.2, 0) is 4.74 Å². The molecule has 2 aromatic carbocycles. The van der Waals surface area contributed by atoms with E-state index in [1.165, 1.54) is 0 Å². The Kier molecular flexibility index (Phi) is 7.87. The van der Waals surface area contributed by atoms with Gasteiger partial charge >= 0.3 is 0 Å². The third-order valence-electron chi connectivity index (χ3n) is 4.74. The number of nitrogens with one attached hydrogen (secondary N) is 2. The van der Waals surface area contributed by atoms with Crippen LogP contribution in [-0.4, -0.2) is 47.5 Å². The van der Waals surface area contributed by atoms with Crippen molar-refractivity contribution in [2.24, 2.45) is 5.10 Å². The van der Waals surface area contributed by atoms with Crippen molar-refractivity contribution in [3.05, 3.63) is 61.0 Å². The molecule has 0 radical (unpaired) electrons. The lowest BCUT2D eigenvalue weighted by molar-refractivity contribution is 0.122. The van der Waals surface area contributed by atoms with Crippen LogP contribution in [0.15, 0.2) is 39.9 Å². The molecule has 1 aromatic heterocycles. The van der Waals surface area contributed by atoms with Crippen LogP contribution >= 0.6 is 50.7 Å². The summed E-state index contributed by atoms with van der Waals surface area (Å²) in [6.07, 6.45) is 1.57. The van der Waals surface area contributed by atoms with E-state index in [4.69, 9.17) is 39.5 Å². The Balaban J connectivity index is 1.61. The molecule has 33 heavy (non-hydrogen) atoms. The van der Waals surface area contributed by atoms with Crippen molar-refractivity contribution in [3.8, 4) is 0 Å². The molecule has 1 fully saturated rings. The molecular formula is C21H19BrCl3N7O. The van der Waals surface area contributed by atoms with Crippen LogP contribution in [0.5, 0.6) is 0 Å². The number of hydrogen-bond donors (Lipinski definition) is 2. The van der Waals surface area contributed by atoms with Gasteiger partial charge in [0, 0.05) is 33.2 Å². The number of ether oxygens (including phenoxy) is 1. The molecule has 4 rings (SSSR count). The summed E-state index contributed by atoms with van der Waals surface area (Å²) in [5, 5.41) is 9.10. The number of aryl methyl sites for hydroxylation is 1. The maximum Gasteiger partial charge on any atom is 0.250 e. The SMILES string of the molecule is Cc1cc(Br)c(Nc2nc(NN=Cc3ccc(Cl)cc3Cl)nc(N3CCOCC3)n2)cc1Cl. The molecular weight excluding hydrogens is 553 g/mol. The van der Waals surface area contributed by atoms with Gasteiger partial charge in [-0.3, -0.25) is 0 Å². The summed E-state index contributed by atoms with van der Waals surface area (Å²) in [6.45, 7) is 4.48. The molecule has 0 amide bonds. The van der Waals surface area contributed by atoms with E-state index in [2.05, 4.69) is 46.7 Å². The van der Waals surface area contributed by atoms with E-state index in [9.17, 15) is 0 Å². The first-order valence-corrected chi connectivity index (χ1v) is 11.9. The average Bonchev–Trinajstić information content (AvgIpc) is 2.79. The smallest absolute Gasteiger partial charge is 0.250 e. The van der Waals surface area contributed by atoms with Crippen LogP contribution < -0.4 is 15.6 Å². The summed E-state index contributed by atoms with van der Waals surface area (Å²) in [7, 11) is 0. The van der Waals surface area contributed by atoms with E-state index >= 15 is 0 Å². The normalized spacial score (nSPS) is 14.0. The van der Waals surface area contributed by atoms with E-state index in [1.807, 2.05) is 24.0 Å². The molecule has 0 unspecified atom stereocenters. The van der Waals surface area contributed by atoms with E-state index in [1.54, 1.807) is 24.4 Å². The second-order valence-corrected chi connectivity index (χ2v) is 9.23. The van der Waals surface area contributed by atoms with Crippen LogP contribution in [0.3, 0.4) is 0 Å². The number of rotatable bonds is 6. The van der Waals surface area contributed by atoms with Gasteiger partial charge < -0.3 is 15.0 Å². The predicted octanol–water partition coefficient (Wildman–Crippen LogP) is 5.93. The van der Waals surface area contributed by atoms with Gasteiger partial charge in [-0.15, -0.1) is 0 Å². The number of nitrogens with zero attached hydrogens (tertiary/aromatic N) is 5. The Labute approximate surface area is 214 Å². The molecule has 172 valence electrons. The van der Waals surface area contributed by atoms with E-state index in [0.717, 1.165) is 15.7 Å². The van der Waals surface area contributed by atoms with Crippen molar-refractivity contribution in [2.45, 2.75) is 6.92 Å². The van der Waals surface area contributed by atoms with Gasteiger partial charge in [-0.05, 0) is 52.7 Å². The highest BCUT2D eigenvalue weighted by atomic mass is 79.9. The summed E-state index contributed by atoms with van der Waals surface area (Å²) in [6, 6.07) is 8.90. The first kappa shape index (κ1) is 24.0. The molecule has 2 heterocycles. The van der Waals surface area contributed by atoms with Gasteiger partial charge in [0.15, 0.2) is 0 Å². The third kappa shape index (κ3) is 6.24. The number of benzene rings is 2. The summed E-state index contributed by atoms with van der Waals surface area (Å²) in [5.74, 6) is 1.12. The largest absolute Gasteiger partial charge is 0.378 e. The van der Waals surface area contributed by atoms with Crippen molar-refractivity contribution in [2.75, 3.05) is 41.9 Å². The molecule has 8 nitrogen and oxygen atoms in total. The zero-order chi connectivity index (χ0) is 23.4. The predicted molar refractivity (Wildman–Crippen MR) is 138 cm³/mol. The maximum atomic E-state index is 6.30. The number of morpholine rings is 1. The maximum absolute atomic E-state index is 6.30. The van der Waals surface area contributed by atoms with E-state index < -0.39 is 0 Å². The molecule has 1 aliphatic rings. The molecule has 1 aliphatic heterocycles. The molecule has 3 aromatic rings. The Bertz CT molecular complexity index is 1190. The van der Waals surface area contributed by atoms with Crippen molar-refractivity contribution in [1.29, 1.82) is 0 Å². The fraction of sp³-hybridized carbons (Fsp3) is 0.238. The van der Waals surface area contributed by atoms with Gasteiger partial charge in [0.1, 0.15) is 0 Å². The fourth-order valence-electron chi connectivity index (χ4n) is 3.00. The third-order valence-corrected chi connectivity index (χ3v) is 6.37. The average molecular weight is 572 g/mol. The minimum atomic E-state index is 0.268. The molecule has 1 saturated heterocycles. The molecule has 0 bridgehead atoms. The second kappa shape index (κ2) is 10.8. The molecule has 0 saturated carbocycles. The van der Waals surface area contributed by atoms with Gasteiger partial charge in [0.25, 0.3) is 0 Å². The van der Waals surface area contributed by atoms with E-state index in [0.29, 0.717) is 58.8 Å². The summed E-state index contributed by atoms with van der Waals surface area (Å²) < 4.78 is 6.28. The molecule has 2 N–H and O–H groups in total. The Morgan fingerprint density at radius 1 is 1.03 bits per heavy atom. The highest BCUT2D eigenvalue weighted by Crippen LogP contribution is 2.31. The number of aromatic nitrogens is 3. The minimum Gasteiger partial charge on any atom is -0.378 e. The van der Waals surface area contributed by atoms with Gasteiger partial charge in [-0.25, -0.2) is 5.43 Å². The lowest BCUT2D eigenvalue weighted by Gasteiger charge is -2.27. The van der Waals surface area contributed by atoms with Crippen LogP contribution in [0.25, 0.3) is 0 Å². The van der Waals surface area contributed by atoms with Gasteiger partial charge in [-0.1, -0.05) is 40.9 Å². The van der Waals surface area contributed by atoms with Gasteiger partial charge in [0.05, 0.1) is 30.1 Å². The molecule has 12 heteroatoms. The highest BCUT2D eigenvalue weighted by molar-refractivity contribution is 9.10. The Morgan fingerprint density at radius 3 is 2.55 bits per heavy atom. The van der Waals surface area contributed by atoms with Crippen LogP contribution in [0, 0.1) is 6.92 Å². The second-order valence-electron chi connectivity index (χ2n) is 7.12. The zero-order valence-electron chi connectivity index (χ0n) is 17.4. The lowest BCUT2D eigenvalue weighted by atomic mass is 10.2. The monoisotopic (exact) mass is 569 g/mol. The minimum absolute atomic E-state index is 0.268. The molecule has 0 spiro atoms. The first-order valence-electron chi connectivity index (χ1n) is 9.94. The zero-order valence-corrected chi connectivity index (χ0v) is 21.3. The van der Waals surface area contributed by atoms with Gasteiger partial charge in [-0.2, -0.15) is 20.1 Å². The van der Waals surface area contributed by atoms with Crippen molar-refractivity contribution >= 4 is 80.5 Å². The number of halogens is 4. The summed E-state index contributed by atoms with van der Waals surface area (Å²) >= 11 is 22.0. The van der Waals surface area contributed by atoms with Crippen LogP contribution in [0.1, 0.15) is 11.1 Å². The molecule has 0 atom stereocenters. The lowest BCUT2D eigenvalue weighted by Crippen LogP contribution is -2.37. The topological polar surface area (TPSA) is 87.6 Å². The van der Waals surface area contributed by atoms with Crippen molar-refractivity contribution in [3.63, 3.8) is 0 Å². The van der Waals surface area contributed by atoms with Crippen LogP contribution in [0.2, 0.25) is 15.1 Å². The Morgan fingerprint density at radius 2 is 1.79 bits per heavy atom. The number of hydrogen-bond acceptors (Lipinski definition) is 8. The number of anilines is 4. The van der Waals surface area contributed by atoms with Crippen LogP contribution in [0.4, 0.5) is 23.5 Å². The summed E-state index contributed by atoms with van der Waals surface area (Å²) in [4.78, 5) is 15.6. The quantitative estimate of drug-likeness (QED) is 0.280. The Hall–Kier alpha value is -2.17. The first-order chi connectivity index (χ1) is 15.9. The van der Waals surface area contributed by atoms with Crippen molar-refractivity contribution < 1.29 is 4.74 Å². The fourth-order valence-corrected chi connectivity index (χ4v) is 4.18. The van der Waals surface area contributed by atoms with E-state index in [-0.39, 0.29) is 5.95 Å².